The molecule has 6 heteroatoms. The number of amides is 1. The Morgan fingerprint density at radius 2 is 1.88 bits per heavy atom. The van der Waals surface area contributed by atoms with Crippen LogP contribution in [0.3, 0.4) is 0 Å². The van der Waals surface area contributed by atoms with Gasteiger partial charge in [0.1, 0.15) is 0 Å². The zero-order chi connectivity index (χ0) is 12.3. The normalized spacial score (nSPS) is 21.6. The maximum atomic E-state index is 12.8. The van der Waals surface area contributed by atoms with E-state index in [4.69, 9.17) is 5.11 Å². The molecule has 1 atom stereocenters. The molecule has 0 aromatic carbocycles. The largest absolute Gasteiger partial charge is 0.481 e. The minimum atomic E-state index is -2.69. The van der Waals surface area contributed by atoms with Crippen LogP contribution in [-0.4, -0.2) is 40.9 Å². The average molecular weight is 235 g/mol. The van der Waals surface area contributed by atoms with E-state index in [1.165, 1.54) is 11.8 Å². The summed E-state index contributed by atoms with van der Waals surface area (Å²) in [5.41, 5.74) is 0. The van der Waals surface area contributed by atoms with Crippen molar-refractivity contribution in [1.82, 2.24) is 4.90 Å². The van der Waals surface area contributed by atoms with Crippen molar-refractivity contribution in [1.29, 1.82) is 0 Å². The number of hydrogen-bond donors (Lipinski definition) is 1. The molecule has 0 saturated carbocycles. The fourth-order valence-corrected chi connectivity index (χ4v) is 1.72. The molecule has 1 fully saturated rings. The van der Waals surface area contributed by atoms with Crippen LogP contribution < -0.4 is 0 Å². The molecule has 1 aliphatic heterocycles. The Kier molecular flexibility index (Phi) is 3.83. The molecule has 1 N–H and O–H groups in total. The van der Waals surface area contributed by atoms with E-state index in [1.54, 1.807) is 0 Å². The number of hydrogen-bond acceptors (Lipinski definition) is 2. The highest BCUT2D eigenvalue weighted by molar-refractivity contribution is 5.83. The number of carbonyl (C=O) groups excluding carboxylic acids is 1. The molecular formula is C10H15F2NO3. The smallest absolute Gasteiger partial charge is 0.304 e. The Hall–Kier alpha value is -1.20. The molecule has 0 aliphatic carbocycles. The second-order valence-electron chi connectivity index (χ2n) is 4.18. The van der Waals surface area contributed by atoms with E-state index in [9.17, 15) is 18.4 Å². The number of carboxylic acids is 1. The molecule has 1 saturated heterocycles. The summed E-state index contributed by atoms with van der Waals surface area (Å²) in [5.74, 6) is -4.74. The van der Waals surface area contributed by atoms with Gasteiger partial charge in [-0.1, -0.05) is 6.92 Å². The van der Waals surface area contributed by atoms with E-state index >= 15 is 0 Å². The van der Waals surface area contributed by atoms with Crippen LogP contribution in [0, 0.1) is 5.92 Å². The summed E-state index contributed by atoms with van der Waals surface area (Å²) in [6.45, 7) is 1.52. The van der Waals surface area contributed by atoms with Gasteiger partial charge >= 0.3 is 5.97 Å². The highest BCUT2D eigenvalue weighted by Crippen LogP contribution is 2.28. The second-order valence-corrected chi connectivity index (χ2v) is 4.18. The van der Waals surface area contributed by atoms with E-state index < -0.39 is 17.8 Å². The van der Waals surface area contributed by atoms with Crippen LogP contribution in [0.15, 0.2) is 0 Å². The summed E-state index contributed by atoms with van der Waals surface area (Å²) in [4.78, 5) is 23.4. The van der Waals surface area contributed by atoms with Gasteiger partial charge in [-0.2, -0.15) is 0 Å². The lowest BCUT2D eigenvalue weighted by Crippen LogP contribution is -2.45. The SMILES string of the molecule is CC(CC(=O)O)C(=O)N1CCC(F)(F)CC1. The van der Waals surface area contributed by atoms with Crippen LogP contribution in [0.4, 0.5) is 8.78 Å². The quantitative estimate of drug-likeness (QED) is 0.803. The second kappa shape index (κ2) is 4.76. The molecule has 4 nitrogen and oxygen atoms in total. The first-order chi connectivity index (χ1) is 7.32. The van der Waals surface area contributed by atoms with Gasteiger partial charge in [-0.25, -0.2) is 8.78 Å². The maximum Gasteiger partial charge on any atom is 0.304 e. The van der Waals surface area contributed by atoms with Crippen molar-refractivity contribution in [3.05, 3.63) is 0 Å². The van der Waals surface area contributed by atoms with Crippen LogP contribution in [0.5, 0.6) is 0 Å². The number of carboxylic acid groups (broad SMARTS) is 1. The van der Waals surface area contributed by atoms with Gasteiger partial charge in [0.05, 0.1) is 6.42 Å². The summed E-state index contributed by atoms with van der Waals surface area (Å²) < 4.78 is 25.6. The summed E-state index contributed by atoms with van der Waals surface area (Å²) in [5, 5.41) is 8.52. The van der Waals surface area contributed by atoms with Gasteiger partial charge in [-0.05, 0) is 0 Å². The molecule has 0 aromatic heterocycles. The third-order valence-corrected chi connectivity index (χ3v) is 2.71. The van der Waals surface area contributed by atoms with Gasteiger partial charge < -0.3 is 10.0 Å². The Balaban J connectivity index is 2.47. The van der Waals surface area contributed by atoms with E-state index in [0.717, 1.165) is 0 Å². The minimum absolute atomic E-state index is 0.00971. The van der Waals surface area contributed by atoms with Gasteiger partial charge in [-0.15, -0.1) is 0 Å². The van der Waals surface area contributed by atoms with Crippen molar-refractivity contribution < 1.29 is 23.5 Å². The zero-order valence-corrected chi connectivity index (χ0v) is 9.08. The summed E-state index contributed by atoms with van der Waals surface area (Å²) in [6, 6.07) is 0. The van der Waals surface area contributed by atoms with Crippen LogP contribution in [0.2, 0.25) is 0 Å². The molecule has 1 heterocycles. The fraction of sp³-hybridized carbons (Fsp3) is 0.800. The number of piperidine rings is 1. The molecule has 0 spiro atoms. The van der Waals surface area contributed by atoms with Crippen LogP contribution in [-0.2, 0) is 9.59 Å². The van der Waals surface area contributed by atoms with Crippen LogP contribution in [0.25, 0.3) is 0 Å². The van der Waals surface area contributed by atoms with Crippen LogP contribution in [0.1, 0.15) is 26.2 Å². The lowest BCUT2D eigenvalue weighted by molar-refractivity contribution is -0.147. The summed E-state index contributed by atoms with van der Waals surface area (Å²) in [7, 11) is 0. The third-order valence-electron chi connectivity index (χ3n) is 2.71. The molecular weight excluding hydrogens is 220 g/mol. The Morgan fingerprint density at radius 3 is 2.31 bits per heavy atom. The van der Waals surface area contributed by atoms with Crippen molar-refractivity contribution in [2.75, 3.05) is 13.1 Å². The third kappa shape index (κ3) is 3.43. The molecule has 0 bridgehead atoms. The van der Waals surface area contributed by atoms with Gasteiger partial charge in [0.2, 0.25) is 5.91 Å². The highest BCUT2D eigenvalue weighted by atomic mass is 19.3. The van der Waals surface area contributed by atoms with Crippen LogP contribution >= 0.6 is 0 Å². The Labute approximate surface area is 92.2 Å². The molecule has 0 aromatic rings. The van der Waals surface area contributed by atoms with Gasteiger partial charge in [0.15, 0.2) is 0 Å². The zero-order valence-electron chi connectivity index (χ0n) is 9.08. The summed E-state index contributed by atoms with van der Waals surface area (Å²) >= 11 is 0. The predicted octanol–water partition coefficient (Wildman–Crippen LogP) is 1.35. The number of nitrogens with zero attached hydrogens (tertiary/aromatic N) is 1. The van der Waals surface area contributed by atoms with Crippen molar-refractivity contribution in [2.45, 2.75) is 32.1 Å². The minimum Gasteiger partial charge on any atom is -0.481 e. The Morgan fingerprint density at radius 1 is 1.38 bits per heavy atom. The first-order valence-corrected chi connectivity index (χ1v) is 5.20. The molecule has 92 valence electrons. The van der Waals surface area contributed by atoms with Crippen molar-refractivity contribution in [3.63, 3.8) is 0 Å². The average Bonchev–Trinajstić information content (AvgIpc) is 2.15. The highest BCUT2D eigenvalue weighted by Gasteiger charge is 2.36. The first-order valence-electron chi connectivity index (χ1n) is 5.20. The predicted molar refractivity (Wildman–Crippen MR) is 52.2 cm³/mol. The molecule has 1 amide bonds. The molecule has 1 aliphatic rings. The first kappa shape index (κ1) is 12.9. The molecule has 16 heavy (non-hydrogen) atoms. The number of rotatable bonds is 3. The summed E-state index contributed by atoms with van der Waals surface area (Å²) in [6.07, 6.45) is -0.928. The maximum absolute atomic E-state index is 12.8. The Bertz CT molecular complexity index is 284. The fourth-order valence-electron chi connectivity index (χ4n) is 1.72. The number of likely N-dealkylation sites (tertiary alicyclic amines) is 1. The van der Waals surface area contributed by atoms with Gasteiger partial charge in [-0.3, -0.25) is 9.59 Å². The number of carbonyl (C=O) groups is 2. The van der Waals surface area contributed by atoms with E-state index in [-0.39, 0.29) is 38.3 Å². The standard InChI is InChI=1S/C10H15F2NO3/c1-7(6-8(14)15)9(16)13-4-2-10(11,12)3-5-13/h7H,2-6H2,1H3,(H,14,15). The number of alkyl halides is 2. The van der Waals surface area contributed by atoms with Gasteiger partial charge in [0, 0.05) is 31.8 Å². The lowest BCUT2D eigenvalue weighted by atomic mass is 10.0. The van der Waals surface area contributed by atoms with Gasteiger partial charge in [0.25, 0.3) is 5.92 Å². The molecule has 1 unspecified atom stereocenters. The monoisotopic (exact) mass is 235 g/mol. The van der Waals surface area contributed by atoms with Crippen molar-refractivity contribution >= 4 is 11.9 Å². The molecule has 1 rings (SSSR count). The van der Waals surface area contributed by atoms with Crippen molar-refractivity contribution in [3.8, 4) is 0 Å². The number of aliphatic carboxylic acids is 1. The lowest BCUT2D eigenvalue weighted by Gasteiger charge is -2.33. The van der Waals surface area contributed by atoms with E-state index in [0.29, 0.717) is 0 Å². The topological polar surface area (TPSA) is 57.6 Å². The van der Waals surface area contributed by atoms with E-state index in [1.807, 2.05) is 0 Å². The molecule has 0 radical (unpaired) electrons. The van der Waals surface area contributed by atoms with E-state index in [2.05, 4.69) is 0 Å². The number of halogens is 2. The van der Waals surface area contributed by atoms with Crippen molar-refractivity contribution in [2.24, 2.45) is 5.92 Å².